The monoisotopic (exact) mass is 237 g/mol. The van der Waals surface area contributed by atoms with E-state index in [4.69, 9.17) is 4.74 Å². The molecule has 1 aromatic carbocycles. The van der Waals surface area contributed by atoms with Gasteiger partial charge in [-0.05, 0) is 40.8 Å². The SMILES string of the molecule is CNC(C)c1cc(C)ccc1OCC(C)(C)O. The number of aryl methyl sites for hydroxylation is 1. The summed E-state index contributed by atoms with van der Waals surface area (Å²) in [7, 11) is 1.92. The van der Waals surface area contributed by atoms with Crippen molar-refractivity contribution in [3.05, 3.63) is 29.3 Å². The predicted octanol–water partition coefficient (Wildman–Crippen LogP) is 2.43. The summed E-state index contributed by atoms with van der Waals surface area (Å²) in [6.07, 6.45) is 0. The highest BCUT2D eigenvalue weighted by atomic mass is 16.5. The van der Waals surface area contributed by atoms with Crippen LogP contribution < -0.4 is 10.1 Å². The van der Waals surface area contributed by atoms with E-state index in [-0.39, 0.29) is 6.04 Å². The summed E-state index contributed by atoms with van der Waals surface area (Å²) in [5, 5.41) is 12.9. The highest BCUT2D eigenvalue weighted by Gasteiger charge is 2.16. The molecule has 0 spiro atoms. The number of ether oxygens (including phenoxy) is 1. The van der Waals surface area contributed by atoms with Crippen LogP contribution >= 0.6 is 0 Å². The van der Waals surface area contributed by atoms with Crippen LogP contribution in [0.3, 0.4) is 0 Å². The molecule has 0 aliphatic carbocycles. The van der Waals surface area contributed by atoms with E-state index in [1.165, 1.54) is 5.56 Å². The van der Waals surface area contributed by atoms with E-state index in [2.05, 4.69) is 25.2 Å². The first-order valence-electron chi connectivity index (χ1n) is 5.96. The van der Waals surface area contributed by atoms with E-state index in [1.54, 1.807) is 13.8 Å². The lowest BCUT2D eigenvalue weighted by atomic mass is 10.0. The second-order valence-corrected chi connectivity index (χ2v) is 5.15. The highest BCUT2D eigenvalue weighted by molar-refractivity contribution is 5.39. The van der Waals surface area contributed by atoms with Gasteiger partial charge in [-0.15, -0.1) is 0 Å². The van der Waals surface area contributed by atoms with Crippen molar-refractivity contribution in [3.8, 4) is 5.75 Å². The van der Waals surface area contributed by atoms with Crippen LogP contribution in [0.4, 0.5) is 0 Å². The standard InChI is InChI=1S/C14H23NO2/c1-10-6-7-13(17-9-14(3,4)16)12(8-10)11(2)15-5/h6-8,11,15-16H,9H2,1-5H3. The lowest BCUT2D eigenvalue weighted by molar-refractivity contribution is 0.0280. The van der Waals surface area contributed by atoms with Gasteiger partial charge in [0.1, 0.15) is 12.4 Å². The second-order valence-electron chi connectivity index (χ2n) is 5.15. The maximum absolute atomic E-state index is 9.68. The Morgan fingerprint density at radius 2 is 2.06 bits per heavy atom. The molecular formula is C14H23NO2. The minimum Gasteiger partial charge on any atom is -0.490 e. The van der Waals surface area contributed by atoms with Gasteiger partial charge < -0.3 is 15.2 Å². The summed E-state index contributed by atoms with van der Waals surface area (Å²) < 4.78 is 5.69. The predicted molar refractivity (Wildman–Crippen MR) is 70.4 cm³/mol. The molecule has 1 rings (SSSR count). The first-order valence-corrected chi connectivity index (χ1v) is 5.96. The molecule has 3 heteroatoms. The molecule has 0 saturated heterocycles. The van der Waals surface area contributed by atoms with Crippen molar-refractivity contribution in [1.29, 1.82) is 0 Å². The van der Waals surface area contributed by atoms with Gasteiger partial charge >= 0.3 is 0 Å². The fraction of sp³-hybridized carbons (Fsp3) is 0.571. The van der Waals surface area contributed by atoms with E-state index in [1.807, 2.05) is 19.2 Å². The van der Waals surface area contributed by atoms with Crippen molar-refractivity contribution in [3.63, 3.8) is 0 Å². The van der Waals surface area contributed by atoms with Gasteiger partial charge in [-0.2, -0.15) is 0 Å². The number of rotatable bonds is 5. The van der Waals surface area contributed by atoms with Crippen molar-refractivity contribution in [2.45, 2.75) is 39.3 Å². The third-order valence-corrected chi connectivity index (χ3v) is 2.65. The van der Waals surface area contributed by atoms with Gasteiger partial charge in [-0.25, -0.2) is 0 Å². The molecule has 1 atom stereocenters. The van der Waals surface area contributed by atoms with Crippen LogP contribution in [-0.4, -0.2) is 24.4 Å². The van der Waals surface area contributed by atoms with Crippen LogP contribution in [0.1, 0.15) is 37.9 Å². The summed E-state index contributed by atoms with van der Waals surface area (Å²) in [4.78, 5) is 0. The molecule has 0 fully saturated rings. The molecule has 1 aromatic rings. The zero-order valence-electron chi connectivity index (χ0n) is 11.4. The normalized spacial score (nSPS) is 13.5. The van der Waals surface area contributed by atoms with Crippen LogP contribution in [0.25, 0.3) is 0 Å². The molecule has 3 nitrogen and oxygen atoms in total. The molecule has 0 aliphatic rings. The van der Waals surface area contributed by atoms with Gasteiger partial charge in [-0.3, -0.25) is 0 Å². The van der Waals surface area contributed by atoms with Crippen LogP contribution in [-0.2, 0) is 0 Å². The van der Waals surface area contributed by atoms with E-state index < -0.39 is 5.60 Å². The highest BCUT2D eigenvalue weighted by Crippen LogP contribution is 2.26. The van der Waals surface area contributed by atoms with Gasteiger partial charge in [0.25, 0.3) is 0 Å². The molecule has 0 saturated carbocycles. The van der Waals surface area contributed by atoms with Gasteiger partial charge in [0.2, 0.25) is 0 Å². The zero-order chi connectivity index (χ0) is 13.1. The van der Waals surface area contributed by atoms with E-state index >= 15 is 0 Å². The van der Waals surface area contributed by atoms with Crippen LogP contribution in [0, 0.1) is 6.92 Å². The molecular weight excluding hydrogens is 214 g/mol. The third-order valence-electron chi connectivity index (χ3n) is 2.65. The Morgan fingerprint density at radius 3 is 2.59 bits per heavy atom. The molecule has 0 aromatic heterocycles. The largest absolute Gasteiger partial charge is 0.490 e. The van der Waals surface area contributed by atoms with Crippen LogP contribution in [0.5, 0.6) is 5.75 Å². The molecule has 0 amide bonds. The summed E-state index contributed by atoms with van der Waals surface area (Å²) in [5.74, 6) is 0.833. The molecule has 0 heterocycles. The van der Waals surface area contributed by atoms with Crippen molar-refractivity contribution >= 4 is 0 Å². The van der Waals surface area contributed by atoms with Gasteiger partial charge in [0, 0.05) is 11.6 Å². The summed E-state index contributed by atoms with van der Waals surface area (Å²) in [6.45, 7) is 7.92. The Bertz CT molecular complexity index is 369. The minimum absolute atomic E-state index is 0.228. The lowest BCUT2D eigenvalue weighted by Gasteiger charge is -2.21. The maximum Gasteiger partial charge on any atom is 0.124 e. The summed E-state index contributed by atoms with van der Waals surface area (Å²) >= 11 is 0. The maximum atomic E-state index is 9.68. The zero-order valence-corrected chi connectivity index (χ0v) is 11.4. The molecule has 0 aliphatic heterocycles. The minimum atomic E-state index is -0.814. The van der Waals surface area contributed by atoms with E-state index in [9.17, 15) is 5.11 Å². The van der Waals surface area contributed by atoms with Gasteiger partial charge in [0.05, 0.1) is 5.60 Å². The Labute approximate surface area is 104 Å². The molecule has 17 heavy (non-hydrogen) atoms. The number of nitrogens with one attached hydrogen (secondary N) is 1. The van der Waals surface area contributed by atoms with Crippen molar-refractivity contribution in [2.75, 3.05) is 13.7 Å². The second kappa shape index (κ2) is 5.52. The van der Waals surface area contributed by atoms with Crippen molar-refractivity contribution in [2.24, 2.45) is 0 Å². The smallest absolute Gasteiger partial charge is 0.124 e. The first kappa shape index (κ1) is 14.0. The van der Waals surface area contributed by atoms with E-state index in [0.29, 0.717) is 6.61 Å². The Kier molecular flexibility index (Phi) is 4.54. The lowest BCUT2D eigenvalue weighted by Crippen LogP contribution is -2.28. The molecule has 96 valence electrons. The Hall–Kier alpha value is -1.06. The van der Waals surface area contributed by atoms with E-state index in [0.717, 1.165) is 11.3 Å². The fourth-order valence-electron chi connectivity index (χ4n) is 1.55. The number of benzene rings is 1. The summed E-state index contributed by atoms with van der Waals surface area (Å²) in [6, 6.07) is 6.32. The van der Waals surface area contributed by atoms with Gasteiger partial charge in [0.15, 0.2) is 0 Å². The third kappa shape index (κ3) is 4.36. The van der Waals surface area contributed by atoms with Crippen LogP contribution in [0.15, 0.2) is 18.2 Å². The molecule has 0 radical (unpaired) electrons. The number of hydrogen-bond donors (Lipinski definition) is 2. The average molecular weight is 237 g/mol. The summed E-state index contributed by atoms with van der Waals surface area (Å²) in [5.41, 5.74) is 1.51. The number of aliphatic hydroxyl groups is 1. The number of hydrogen-bond acceptors (Lipinski definition) is 3. The van der Waals surface area contributed by atoms with Crippen molar-refractivity contribution < 1.29 is 9.84 Å². The van der Waals surface area contributed by atoms with Crippen LogP contribution in [0.2, 0.25) is 0 Å². The van der Waals surface area contributed by atoms with Gasteiger partial charge in [-0.1, -0.05) is 17.7 Å². The average Bonchev–Trinajstić information content (AvgIpc) is 2.25. The molecule has 2 N–H and O–H groups in total. The molecule has 1 unspecified atom stereocenters. The van der Waals surface area contributed by atoms with Crippen molar-refractivity contribution in [1.82, 2.24) is 5.32 Å². The first-order chi connectivity index (χ1) is 7.83. The Morgan fingerprint density at radius 1 is 1.41 bits per heavy atom. The fourth-order valence-corrected chi connectivity index (χ4v) is 1.55. The topological polar surface area (TPSA) is 41.5 Å². The molecule has 0 bridgehead atoms. The quantitative estimate of drug-likeness (QED) is 0.826. The Balaban J connectivity index is 2.90.